The van der Waals surface area contributed by atoms with Crippen molar-refractivity contribution in [1.29, 1.82) is 0 Å². The Kier molecular flexibility index (Phi) is 4.97. The molecule has 88 valence electrons. The number of nitrogens with zero attached hydrogens (tertiary/aromatic N) is 1. The molecular weight excluding hydrogens is 222 g/mol. The summed E-state index contributed by atoms with van der Waals surface area (Å²) in [5, 5.41) is -0.301. The Morgan fingerprint density at radius 3 is 2.25 bits per heavy atom. The smallest absolute Gasteiger partial charge is 0.238 e. The van der Waals surface area contributed by atoms with Crippen LogP contribution >= 0.6 is 11.6 Å². The summed E-state index contributed by atoms with van der Waals surface area (Å²) < 4.78 is 0. The Morgan fingerprint density at radius 2 is 1.81 bits per heavy atom. The summed E-state index contributed by atoms with van der Waals surface area (Å²) in [4.78, 5) is 13.3. The number of carbonyl (C=O) groups is 1. The van der Waals surface area contributed by atoms with E-state index >= 15 is 0 Å². The van der Waals surface area contributed by atoms with E-state index in [-0.39, 0.29) is 17.3 Å². The molecule has 0 aliphatic rings. The van der Waals surface area contributed by atoms with Gasteiger partial charge >= 0.3 is 0 Å². The van der Waals surface area contributed by atoms with Gasteiger partial charge in [0.2, 0.25) is 5.24 Å². The Morgan fingerprint density at radius 1 is 1.25 bits per heavy atom. The molecule has 1 aromatic carbocycles. The summed E-state index contributed by atoms with van der Waals surface area (Å²) in [6.45, 7) is 6.73. The summed E-state index contributed by atoms with van der Waals surface area (Å²) in [6, 6.07) is 10.1. The number of hydrogen-bond donors (Lipinski definition) is 0. The van der Waals surface area contributed by atoms with Gasteiger partial charge in [-0.25, -0.2) is 0 Å². The van der Waals surface area contributed by atoms with Gasteiger partial charge in [0, 0.05) is 12.6 Å². The van der Waals surface area contributed by atoms with E-state index in [0.29, 0.717) is 0 Å². The molecule has 1 aromatic rings. The number of rotatable bonds is 5. The maximum atomic E-state index is 11.2. The maximum absolute atomic E-state index is 11.2. The van der Waals surface area contributed by atoms with Crippen molar-refractivity contribution >= 4 is 16.8 Å². The Labute approximate surface area is 102 Å². The lowest BCUT2D eigenvalue weighted by atomic mass is 10.1. The van der Waals surface area contributed by atoms with Crippen LogP contribution < -0.4 is 0 Å². The van der Waals surface area contributed by atoms with E-state index in [1.807, 2.05) is 25.1 Å². The highest BCUT2D eigenvalue weighted by molar-refractivity contribution is 6.64. The van der Waals surface area contributed by atoms with E-state index in [2.05, 4.69) is 30.9 Å². The van der Waals surface area contributed by atoms with Crippen molar-refractivity contribution in [3.05, 3.63) is 35.9 Å². The van der Waals surface area contributed by atoms with Crippen molar-refractivity contribution in [2.75, 3.05) is 0 Å². The first kappa shape index (κ1) is 13.2. The summed E-state index contributed by atoms with van der Waals surface area (Å²) in [7, 11) is 0. The second-order valence-corrected chi connectivity index (χ2v) is 4.60. The molecule has 0 bridgehead atoms. The van der Waals surface area contributed by atoms with Crippen LogP contribution in [0.1, 0.15) is 26.3 Å². The second-order valence-electron chi connectivity index (χ2n) is 4.23. The number of halogens is 1. The molecule has 0 heterocycles. The van der Waals surface area contributed by atoms with Crippen molar-refractivity contribution < 1.29 is 4.79 Å². The van der Waals surface area contributed by atoms with Gasteiger partial charge < -0.3 is 0 Å². The predicted molar refractivity (Wildman–Crippen MR) is 67.4 cm³/mol. The quantitative estimate of drug-likeness (QED) is 0.737. The summed E-state index contributed by atoms with van der Waals surface area (Å²) >= 11 is 5.55. The zero-order chi connectivity index (χ0) is 12.1. The van der Waals surface area contributed by atoms with Crippen molar-refractivity contribution in [3.8, 4) is 0 Å². The third kappa shape index (κ3) is 3.62. The van der Waals surface area contributed by atoms with Crippen LogP contribution in [0.3, 0.4) is 0 Å². The lowest BCUT2D eigenvalue weighted by Crippen LogP contribution is -2.41. The van der Waals surface area contributed by atoms with Gasteiger partial charge in [0.05, 0.1) is 6.04 Å². The zero-order valence-corrected chi connectivity index (χ0v) is 10.7. The molecule has 1 rings (SSSR count). The predicted octanol–water partition coefficient (Wildman–Crippen LogP) is 3.05. The normalized spacial score (nSPS) is 13.1. The van der Waals surface area contributed by atoms with Gasteiger partial charge in [0.15, 0.2) is 0 Å². The molecule has 0 fully saturated rings. The lowest BCUT2D eigenvalue weighted by Gasteiger charge is -2.30. The summed E-state index contributed by atoms with van der Waals surface area (Å²) in [6.07, 6.45) is 0. The first-order chi connectivity index (χ1) is 7.52. The first-order valence-electron chi connectivity index (χ1n) is 5.51. The van der Waals surface area contributed by atoms with Crippen LogP contribution in [-0.2, 0) is 11.3 Å². The van der Waals surface area contributed by atoms with Crippen molar-refractivity contribution in [1.82, 2.24) is 4.90 Å². The summed E-state index contributed by atoms with van der Waals surface area (Å²) in [5.74, 6) is 0. The van der Waals surface area contributed by atoms with Gasteiger partial charge in [-0.3, -0.25) is 9.69 Å². The molecule has 0 saturated heterocycles. The monoisotopic (exact) mass is 239 g/mol. The van der Waals surface area contributed by atoms with E-state index in [1.54, 1.807) is 0 Å². The molecule has 0 N–H and O–H groups in total. The fourth-order valence-electron chi connectivity index (χ4n) is 1.69. The van der Waals surface area contributed by atoms with Gasteiger partial charge in [-0.2, -0.15) is 0 Å². The number of hydrogen-bond acceptors (Lipinski definition) is 2. The third-order valence-corrected chi connectivity index (χ3v) is 3.01. The largest absolute Gasteiger partial charge is 0.286 e. The number of benzene rings is 1. The molecule has 2 nitrogen and oxygen atoms in total. The minimum absolute atomic E-state index is 0.248. The Balaban J connectivity index is 2.77. The summed E-state index contributed by atoms with van der Waals surface area (Å²) in [5.41, 5.74) is 1.20. The standard InChI is InChI=1S/C13H18ClNO/c1-10(2)15(11(3)13(14)16)9-12-7-5-4-6-8-12/h4-8,10-11H,9H2,1-3H3. The van der Waals surface area contributed by atoms with Crippen molar-refractivity contribution in [2.45, 2.75) is 39.4 Å². The van der Waals surface area contributed by atoms with E-state index in [9.17, 15) is 4.79 Å². The highest BCUT2D eigenvalue weighted by Crippen LogP contribution is 2.13. The molecule has 0 radical (unpaired) electrons. The minimum Gasteiger partial charge on any atom is -0.286 e. The first-order valence-corrected chi connectivity index (χ1v) is 5.89. The molecule has 0 aliphatic carbocycles. The highest BCUT2D eigenvalue weighted by Gasteiger charge is 2.22. The van der Waals surface area contributed by atoms with E-state index < -0.39 is 0 Å². The topological polar surface area (TPSA) is 20.3 Å². The van der Waals surface area contributed by atoms with Crippen LogP contribution in [0.2, 0.25) is 0 Å². The Hall–Kier alpha value is -0.860. The van der Waals surface area contributed by atoms with Crippen LogP contribution in [0.4, 0.5) is 0 Å². The van der Waals surface area contributed by atoms with Crippen LogP contribution in [0.25, 0.3) is 0 Å². The molecule has 0 aromatic heterocycles. The fraction of sp³-hybridized carbons (Fsp3) is 0.462. The molecule has 3 heteroatoms. The van der Waals surface area contributed by atoms with Crippen LogP contribution in [-0.4, -0.2) is 22.2 Å². The molecule has 0 aliphatic heterocycles. The maximum Gasteiger partial charge on any atom is 0.238 e. The van der Waals surface area contributed by atoms with E-state index in [1.165, 1.54) is 5.56 Å². The second kappa shape index (κ2) is 6.02. The van der Waals surface area contributed by atoms with E-state index in [4.69, 9.17) is 11.6 Å². The van der Waals surface area contributed by atoms with Gasteiger partial charge in [-0.15, -0.1) is 0 Å². The van der Waals surface area contributed by atoms with Crippen LogP contribution in [0.5, 0.6) is 0 Å². The molecule has 1 unspecified atom stereocenters. The minimum atomic E-state index is -0.301. The zero-order valence-electron chi connectivity index (χ0n) is 9.98. The fourth-order valence-corrected chi connectivity index (χ4v) is 1.82. The van der Waals surface area contributed by atoms with Gasteiger partial charge in [0.25, 0.3) is 0 Å². The van der Waals surface area contributed by atoms with Gasteiger partial charge in [-0.1, -0.05) is 30.3 Å². The average Bonchev–Trinajstić information content (AvgIpc) is 2.26. The van der Waals surface area contributed by atoms with Crippen LogP contribution in [0.15, 0.2) is 30.3 Å². The molecule has 0 spiro atoms. The molecule has 16 heavy (non-hydrogen) atoms. The van der Waals surface area contributed by atoms with Crippen LogP contribution in [0, 0.1) is 0 Å². The van der Waals surface area contributed by atoms with Gasteiger partial charge in [0.1, 0.15) is 0 Å². The third-order valence-electron chi connectivity index (χ3n) is 2.70. The number of carbonyl (C=O) groups excluding carboxylic acids is 1. The van der Waals surface area contributed by atoms with Crippen molar-refractivity contribution in [2.24, 2.45) is 0 Å². The average molecular weight is 240 g/mol. The Bertz CT molecular complexity index is 337. The lowest BCUT2D eigenvalue weighted by molar-refractivity contribution is -0.116. The molecule has 1 atom stereocenters. The van der Waals surface area contributed by atoms with Gasteiger partial charge in [-0.05, 0) is 37.9 Å². The SMILES string of the molecule is CC(C)N(Cc1ccccc1)C(C)C(=O)Cl. The van der Waals surface area contributed by atoms with E-state index in [0.717, 1.165) is 6.54 Å². The van der Waals surface area contributed by atoms with Crippen molar-refractivity contribution in [3.63, 3.8) is 0 Å². The molecule has 0 amide bonds. The molecular formula is C13H18ClNO. The highest BCUT2D eigenvalue weighted by atomic mass is 35.5. The molecule has 0 saturated carbocycles.